The van der Waals surface area contributed by atoms with Crippen LogP contribution < -0.4 is 14.8 Å². The molecule has 0 saturated carbocycles. The molecule has 2 aromatic heterocycles. The van der Waals surface area contributed by atoms with E-state index in [9.17, 15) is 14.0 Å². The first-order valence-corrected chi connectivity index (χ1v) is 15.2. The Bertz CT molecular complexity index is 1980. The molecule has 6 rings (SSSR count). The molecular weight excluding hydrogens is 607 g/mol. The van der Waals surface area contributed by atoms with Crippen molar-refractivity contribution in [2.24, 2.45) is 0 Å². The van der Waals surface area contributed by atoms with Crippen LogP contribution >= 0.6 is 11.3 Å². The van der Waals surface area contributed by atoms with E-state index in [0.717, 1.165) is 11.3 Å². The minimum atomic E-state index is -1.18. The number of thiazole rings is 1. The second-order valence-corrected chi connectivity index (χ2v) is 11.2. The highest BCUT2D eigenvalue weighted by Crippen LogP contribution is 2.33. The third-order valence-electron chi connectivity index (χ3n) is 7.36. The zero-order valence-electron chi connectivity index (χ0n) is 25.0. The fraction of sp³-hybridized carbons (Fsp3) is 0.147. The Morgan fingerprint density at radius 2 is 1.72 bits per heavy atom. The quantitative estimate of drug-likeness (QED) is 0.182. The zero-order chi connectivity index (χ0) is 32.0. The molecule has 0 saturated heterocycles. The van der Waals surface area contributed by atoms with Gasteiger partial charge in [-0.1, -0.05) is 59.8 Å². The Morgan fingerprint density at radius 3 is 2.48 bits per heavy atom. The summed E-state index contributed by atoms with van der Waals surface area (Å²) in [7, 11) is 3.01. The molecule has 2 heterocycles. The fourth-order valence-electron chi connectivity index (χ4n) is 5.07. The van der Waals surface area contributed by atoms with Gasteiger partial charge in [-0.2, -0.15) is 0 Å². The third kappa shape index (κ3) is 6.57. The van der Waals surface area contributed by atoms with E-state index < -0.39 is 23.7 Å². The van der Waals surface area contributed by atoms with Crippen molar-refractivity contribution >= 4 is 39.9 Å². The summed E-state index contributed by atoms with van der Waals surface area (Å²) >= 11 is 1.38. The van der Waals surface area contributed by atoms with Gasteiger partial charge in [-0.25, -0.2) is 14.1 Å². The molecule has 12 heteroatoms. The lowest BCUT2D eigenvalue weighted by Gasteiger charge is -2.31. The molecular formula is C34H29FN6O4S. The van der Waals surface area contributed by atoms with E-state index in [4.69, 9.17) is 14.5 Å². The maximum Gasteiger partial charge on any atom is 0.251 e. The number of carbonyl (C=O) groups excluding carboxylic acids is 2. The molecule has 0 aliphatic heterocycles. The first kappa shape index (κ1) is 30.4. The van der Waals surface area contributed by atoms with E-state index in [2.05, 4.69) is 15.6 Å². The Morgan fingerprint density at radius 1 is 0.957 bits per heavy atom. The van der Waals surface area contributed by atoms with E-state index >= 15 is 0 Å². The standard InChI is InChI=1S/C34H29FN6O4S/c1-44-25-16-17-27(30(18-25)45-2)37-34(43)33(23-12-14-24(35)15-13-23)40(19-31-36-28(21-46-31)22-8-4-3-5-9-22)32(42)20-41-29-11-7-6-10-26(29)38-39-41/h3-18,21,33H,19-20H2,1-2H3,(H,37,43)/t33-/m1/s1. The minimum Gasteiger partial charge on any atom is -0.497 e. The fourth-order valence-corrected chi connectivity index (χ4v) is 5.87. The summed E-state index contributed by atoms with van der Waals surface area (Å²) in [6.07, 6.45) is 0. The number of benzene rings is 4. The first-order valence-electron chi connectivity index (χ1n) is 14.3. The molecule has 0 aliphatic rings. The van der Waals surface area contributed by atoms with Crippen LogP contribution in [0, 0.1) is 5.82 Å². The maximum absolute atomic E-state index is 14.3. The number of anilines is 1. The van der Waals surface area contributed by atoms with Crippen LogP contribution in [0.1, 0.15) is 16.6 Å². The lowest BCUT2D eigenvalue weighted by atomic mass is 10.0. The summed E-state index contributed by atoms with van der Waals surface area (Å²) in [6.45, 7) is -0.202. The molecule has 232 valence electrons. The van der Waals surface area contributed by atoms with E-state index in [0.29, 0.717) is 38.8 Å². The van der Waals surface area contributed by atoms with Crippen molar-refractivity contribution in [3.63, 3.8) is 0 Å². The highest BCUT2D eigenvalue weighted by atomic mass is 32.1. The Labute approximate surface area is 268 Å². The number of methoxy groups -OCH3 is 2. The number of amides is 2. The smallest absolute Gasteiger partial charge is 0.251 e. The van der Waals surface area contributed by atoms with Crippen molar-refractivity contribution in [3.8, 4) is 22.8 Å². The Hall–Kier alpha value is -5.62. The summed E-state index contributed by atoms with van der Waals surface area (Å²) in [6, 6.07) is 26.3. The molecule has 1 atom stereocenters. The van der Waals surface area contributed by atoms with Crippen LogP contribution in [0.2, 0.25) is 0 Å². The molecule has 0 fully saturated rings. The molecule has 0 aliphatic carbocycles. The zero-order valence-corrected chi connectivity index (χ0v) is 25.8. The molecule has 1 N–H and O–H groups in total. The van der Waals surface area contributed by atoms with Gasteiger partial charge in [-0.05, 0) is 42.0 Å². The van der Waals surface area contributed by atoms with Gasteiger partial charge in [0.25, 0.3) is 5.91 Å². The van der Waals surface area contributed by atoms with Gasteiger partial charge >= 0.3 is 0 Å². The maximum atomic E-state index is 14.3. The molecule has 10 nitrogen and oxygen atoms in total. The SMILES string of the molecule is COc1ccc(NC(=O)[C@@H](c2ccc(F)cc2)N(Cc2nc(-c3ccccc3)cs2)C(=O)Cn2nnc3ccccc32)c(OC)c1. The second kappa shape index (κ2) is 13.6. The molecule has 0 bridgehead atoms. The van der Waals surface area contributed by atoms with Gasteiger partial charge in [0.1, 0.15) is 40.4 Å². The number of hydrogen-bond donors (Lipinski definition) is 1. The molecule has 0 radical (unpaired) electrons. The number of rotatable bonds is 11. The number of carbonyl (C=O) groups is 2. The summed E-state index contributed by atoms with van der Waals surface area (Å²) < 4.78 is 26.4. The minimum absolute atomic E-state index is 0.00181. The van der Waals surface area contributed by atoms with Crippen molar-refractivity contribution in [2.45, 2.75) is 19.1 Å². The number of aromatic nitrogens is 4. The summed E-state index contributed by atoms with van der Waals surface area (Å²) in [5.74, 6) is -0.520. The molecule has 6 aromatic rings. The number of para-hydroxylation sites is 1. The van der Waals surface area contributed by atoms with Crippen molar-refractivity contribution < 1.29 is 23.5 Å². The van der Waals surface area contributed by atoms with E-state index in [1.165, 1.54) is 59.4 Å². The molecule has 46 heavy (non-hydrogen) atoms. The summed E-state index contributed by atoms with van der Waals surface area (Å²) in [5.41, 5.74) is 3.76. The van der Waals surface area contributed by atoms with Gasteiger partial charge in [0.15, 0.2) is 0 Å². The largest absolute Gasteiger partial charge is 0.497 e. The van der Waals surface area contributed by atoms with E-state index in [1.54, 1.807) is 24.3 Å². The Balaban J connectivity index is 1.40. The lowest BCUT2D eigenvalue weighted by molar-refractivity contribution is -0.140. The van der Waals surface area contributed by atoms with Crippen LogP contribution in [-0.2, 0) is 22.7 Å². The van der Waals surface area contributed by atoms with Crippen LogP contribution in [-0.4, -0.2) is 50.9 Å². The van der Waals surface area contributed by atoms with E-state index in [-0.39, 0.29) is 13.1 Å². The van der Waals surface area contributed by atoms with Crippen molar-refractivity contribution in [3.05, 3.63) is 119 Å². The van der Waals surface area contributed by atoms with Gasteiger partial charge < -0.3 is 19.7 Å². The first-order chi connectivity index (χ1) is 22.4. The van der Waals surface area contributed by atoms with Crippen molar-refractivity contribution in [2.75, 3.05) is 19.5 Å². The number of hydrogen-bond acceptors (Lipinski definition) is 8. The van der Waals surface area contributed by atoms with Gasteiger partial charge in [0.05, 0.1) is 37.7 Å². The molecule has 0 spiro atoms. The third-order valence-corrected chi connectivity index (χ3v) is 8.20. The van der Waals surface area contributed by atoms with Crippen molar-refractivity contribution in [1.29, 1.82) is 0 Å². The number of halogens is 1. The van der Waals surface area contributed by atoms with Crippen LogP contribution in [0.3, 0.4) is 0 Å². The predicted octanol–water partition coefficient (Wildman–Crippen LogP) is 6.12. The van der Waals surface area contributed by atoms with Crippen LogP contribution in [0.5, 0.6) is 11.5 Å². The van der Waals surface area contributed by atoms with Gasteiger partial charge in [-0.3, -0.25) is 9.59 Å². The normalized spacial score (nSPS) is 11.6. The lowest BCUT2D eigenvalue weighted by Crippen LogP contribution is -2.42. The van der Waals surface area contributed by atoms with Crippen LogP contribution in [0.15, 0.2) is 102 Å². The van der Waals surface area contributed by atoms with Crippen LogP contribution in [0.25, 0.3) is 22.3 Å². The molecule has 4 aromatic carbocycles. The second-order valence-electron chi connectivity index (χ2n) is 10.3. The van der Waals surface area contributed by atoms with Crippen molar-refractivity contribution in [1.82, 2.24) is 24.9 Å². The number of nitrogens with one attached hydrogen (secondary N) is 1. The summed E-state index contributed by atoms with van der Waals surface area (Å²) in [4.78, 5) is 34.8. The van der Waals surface area contributed by atoms with Gasteiger partial charge in [0, 0.05) is 17.0 Å². The average molecular weight is 637 g/mol. The number of ether oxygens (including phenoxy) is 2. The highest BCUT2D eigenvalue weighted by Gasteiger charge is 2.33. The summed E-state index contributed by atoms with van der Waals surface area (Å²) in [5, 5.41) is 13.8. The highest BCUT2D eigenvalue weighted by molar-refractivity contribution is 7.09. The predicted molar refractivity (Wildman–Crippen MR) is 173 cm³/mol. The number of nitrogens with zero attached hydrogens (tertiary/aromatic N) is 5. The van der Waals surface area contributed by atoms with Gasteiger partial charge in [0.2, 0.25) is 5.91 Å². The number of fused-ring (bicyclic) bond motifs is 1. The van der Waals surface area contributed by atoms with E-state index in [1.807, 2.05) is 53.9 Å². The molecule has 0 unspecified atom stereocenters. The van der Waals surface area contributed by atoms with Gasteiger partial charge in [-0.15, -0.1) is 16.4 Å². The monoisotopic (exact) mass is 636 g/mol. The average Bonchev–Trinajstić information content (AvgIpc) is 3.73. The topological polar surface area (TPSA) is 111 Å². The molecule has 2 amide bonds. The Kier molecular flexibility index (Phi) is 8.97. The van der Waals surface area contributed by atoms with Crippen LogP contribution in [0.4, 0.5) is 10.1 Å².